The number of halogens is 1. The Labute approximate surface area is 146 Å². The lowest BCUT2D eigenvalue weighted by molar-refractivity contribution is -0.131. The van der Waals surface area contributed by atoms with Crippen molar-refractivity contribution < 1.29 is 4.79 Å². The zero-order valence-electron chi connectivity index (χ0n) is 14.3. The van der Waals surface area contributed by atoms with Gasteiger partial charge in [-0.1, -0.05) is 0 Å². The van der Waals surface area contributed by atoms with E-state index in [2.05, 4.69) is 10.1 Å². The van der Waals surface area contributed by atoms with Crippen LogP contribution >= 0.6 is 12.4 Å². The number of nitrogens with two attached hydrogens (primary N) is 1. The van der Waals surface area contributed by atoms with Gasteiger partial charge in [0.2, 0.25) is 5.91 Å². The summed E-state index contributed by atoms with van der Waals surface area (Å²) in [5.41, 5.74) is 8.70. The predicted molar refractivity (Wildman–Crippen MR) is 95.6 cm³/mol. The van der Waals surface area contributed by atoms with Crippen LogP contribution in [0.4, 0.5) is 0 Å². The smallest absolute Gasteiger partial charge is 0.273 e. The zero-order valence-corrected chi connectivity index (χ0v) is 15.1. The van der Waals surface area contributed by atoms with Gasteiger partial charge in [0.25, 0.3) is 5.56 Å². The molecule has 3 rings (SSSR count). The third-order valence-electron chi connectivity index (χ3n) is 4.87. The first-order valence-electron chi connectivity index (χ1n) is 7.98. The van der Waals surface area contributed by atoms with Gasteiger partial charge in [0, 0.05) is 31.9 Å². The number of carbonyl (C=O) groups excluding carboxylic acids is 1. The minimum atomic E-state index is -0.165. The maximum absolute atomic E-state index is 12.7. The number of aromatic amines is 1. The number of likely N-dealkylation sites (tertiary alicyclic amines) is 1. The van der Waals surface area contributed by atoms with Crippen molar-refractivity contribution in [2.45, 2.75) is 39.2 Å². The van der Waals surface area contributed by atoms with Crippen LogP contribution in [0.5, 0.6) is 0 Å². The van der Waals surface area contributed by atoms with E-state index < -0.39 is 0 Å². The van der Waals surface area contributed by atoms with E-state index in [4.69, 9.17) is 5.73 Å². The third kappa shape index (κ3) is 2.93. The number of hydrogen-bond donors (Lipinski definition) is 2. The summed E-state index contributed by atoms with van der Waals surface area (Å²) in [6.07, 6.45) is 2.24. The van der Waals surface area contributed by atoms with Gasteiger partial charge < -0.3 is 10.6 Å². The summed E-state index contributed by atoms with van der Waals surface area (Å²) >= 11 is 0. The Morgan fingerprint density at radius 3 is 2.79 bits per heavy atom. The Balaban J connectivity index is 0.00000208. The van der Waals surface area contributed by atoms with Gasteiger partial charge in [-0.2, -0.15) is 0 Å². The molecule has 0 radical (unpaired) electrons. The molecule has 132 valence electrons. The number of nitrogens with zero attached hydrogens (tertiary/aromatic N) is 3. The SMILES string of the molecule is Cc1nc2c(c(C)c1CC(=O)N1CCCC1CN)c(=O)[nH]n2C.Cl. The molecule has 24 heavy (non-hydrogen) atoms. The molecule has 8 heteroatoms. The number of H-pyrrole nitrogens is 1. The van der Waals surface area contributed by atoms with Crippen LogP contribution in [-0.4, -0.2) is 44.7 Å². The lowest BCUT2D eigenvalue weighted by Gasteiger charge is -2.24. The summed E-state index contributed by atoms with van der Waals surface area (Å²) in [6, 6.07) is 0.139. The second-order valence-corrected chi connectivity index (χ2v) is 6.29. The molecule has 1 unspecified atom stereocenters. The van der Waals surface area contributed by atoms with Crippen molar-refractivity contribution in [3.8, 4) is 0 Å². The molecule has 1 saturated heterocycles. The largest absolute Gasteiger partial charge is 0.338 e. The lowest BCUT2D eigenvalue weighted by atomic mass is 10.0. The van der Waals surface area contributed by atoms with Gasteiger partial charge in [0.15, 0.2) is 5.65 Å². The number of aromatic nitrogens is 3. The number of hydrogen-bond acceptors (Lipinski definition) is 4. The molecule has 0 saturated carbocycles. The molecule has 7 nitrogen and oxygen atoms in total. The van der Waals surface area contributed by atoms with E-state index in [-0.39, 0.29) is 36.3 Å². The van der Waals surface area contributed by atoms with Gasteiger partial charge in [-0.25, -0.2) is 4.98 Å². The summed E-state index contributed by atoms with van der Waals surface area (Å²) in [5, 5.41) is 3.29. The van der Waals surface area contributed by atoms with Crippen molar-refractivity contribution >= 4 is 29.3 Å². The fraction of sp³-hybridized carbons (Fsp3) is 0.562. The molecular weight excluding hydrogens is 330 g/mol. The average Bonchev–Trinajstić information content (AvgIpc) is 3.08. The van der Waals surface area contributed by atoms with Gasteiger partial charge in [-0.05, 0) is 37.8 Å². The van der Waals surface area contributed by atoms with Crippen LogP contribution < -0.4 is 11.3 Å². The third-order valence-corrected chi connectivity index (χ3v) is 4.87. The van der Waals surface area contributed by atoms with Crippen LogP contribution in [0.2, 0.25) is 0 Å². The van der Waals surface area contributed by atoms with Crippen LogP contribution in [0.3, 0.4) is 0 Å². The minimum absolute atomic E-state index is 0. The average molecular weight is 354 g/mol. The molecule has 0 aliphatic carbocycles. The van der Waals surface area contributed by atoms with E-state index in [9.17, 15) is 9.59 Å². The Morgan fingerprint density at radius 1 is 1.42 bits per heavy atom. The number of fused-ring (bicyclic) bond motifs is 1. The fourth-order valence-electron chi connectivity index (χ4n) is 3.57. The molecule has 1 fully saturated rings. The molecule has 0 spiro atoms. The monoisotopic (exact) mass is 353 g/mol. The molecule has 0 bridgehead atoms. The number of pyridine rings is 1. The van der Waals surface area contributed by atoms with Crippen LogP contribution in [0, 0.1) is 13.8 Å². The standard InChI is InChI=1S/C16H23N5O2.ClH/c1-9-12(7-13(22)21-6-4-5-11(21)8-17)10(2)18-15-14(9)16(23)19-20(15)3;/h11H,4-8,17H2,1-3H3,(H,19,23);1H. The van der Waals surface area contributed by atoms with Gasteiger partial charge in [-0.15, -0.1) is 12.4 Å². The number of rotatable bonds is 3. The van der Waals surface area contributed by atoms with Gasteiger partial charge in [-0.3, -0.25) is 19.4 Å². The normalized spacial score (nSPS) is 17.3. The maximum atomic E-state index is 12.7. The van der Waals surface area contributed by atoms with Crippen LogP contribution in [-0.2, 0) is 18.3 Å². The summed E-state index contributed by atoms with van der Waals surface area (Å²) in [4.78, 5) is 31.1. The van der Waals surface area contributed by atoms with E-state index in [0.717, 1.165) is 36.2 Å². The second kappa shape index (κ2) is 6.94. The van der Waals surface area contributed by atoms with Crippen LogP contribution in [0.1, 0.15) is 29.7 Å². The van der Waals surface area contributed by atoms with Crippen molar-refractivity contribution in [3.05, 3.63) is 27.2 Å². The minimum Gasteiger partial charge on any atom is -0.338 e. The van der Waals surface area contributed by atoms with E-state index in [1.807, 2.05) is 18.7 Å². The fourth-order valence-corrected chi connectivity index (χ4v) is 3.57. The van der Waals surface area contributed by atoms with Crippen molar-refractivity contribution in [1.29, 1.82) is 0 Å². The molecule has 1 amide bonds. The van der Waals surface area contributed by atoms with Crippen molar-refractivity contribution in [2.75, 3.05) is 13.1 Å². The maximum Gasteiger partial charge on any atom is 0.273 e. The number of carbonyl (C=O) groups is 1. The molecule has 1 aliphatic rings. The Bertz CT molecular complexity index is 826. The highest BCUT2D eigenvalue weighted by Crippen LogP contribution is 2.23. The predicted octanol–water partition coefficient (Wildman–Crippen LogP) is 0.792. The first kappa shape index (κ1) is 18.5. The number of nitrogens with one attached hydrogen (secondary N) is 1. The molecule has 2 aromatic heterocycles. The van der Waals surface area contributed by atoms with Gasteiger partial charge in [0.05, 0.1) is 11.8 Å². The number of amides is 1. The van der Waals surface area contributed by atoms with Crippen molar-refractivity contribution in [3.63, 3.8) is 0 Å². The van der Waals surface area contributed by atoms with Crippen LogP contribution in [0.15, 0.2) is 4.79 Å². The highest BCUT2D eigenvalue weighted by molar-refractivity contribution is 5.85. The number of aryl methyl sites for hydroxylation is 3. The Hall–Kier alpha value is -1.86. The first-order valence-corrected chi connectivity index (χ1v) is 7.98. The highest BCUT2D eigenvalue weighted by Gasteiger charge is 2.28. The molecule has 0 aromatic carbocycles. The summed E-state index contributed by atoms with van der Waals surface area (Å²) < 4.78 is 1.62. The van der Waals surface area contributed by atoms with E-state index in [1.54, 1.807) is 11.7 Å². The van der Waals surface area contributed by atoms with E-state index >= 15 is 0 Å². The Kier molecular flexibility index (Phi) is 5.35. The molecule has 1 atom stereocenters. The lowest BCUT2D eigenvalue weighted by Crippen LogP contribution is -2.40. The molecular formula is C16H24ClN5O2. The summed E-state index contributed by atoms with van der Waals surface area (Å²) in [6.45, 7) is 5.04. The van der Waals surface area contributed by atoms with Gasteiger partial charge >= 0.3 is 0 Å². The summed E-state index contributed by atoms with van der Waals surface area (Å²) in [7, 11) is 1.76. The molecule has 2 aromatic rings. The topological polar surface area (TPSA) is 97.0 Å². The molecule has 1 aliphatic heterocycles. The Morgan fingerprint density at radius 2 is 2.12 bits per heavy atom. The van der Waals surface area contributed by atoms with Crippen molar-refractivity contribution in [1.82, 2.24) is 19.7 Å². The van der Waals surface area contributed by atoms with E-state index in [0.29, 0.717) is 17.6 Å². The zero-order chi connectivity index (χ0) is 16.7. The quantitative estimate of drug-likeness (QED) is 0.852. The highest BCUT2D eigenvalue weighted by atomic mass is 35.5. The summed E-state index contributed by atoms with van der Waals surface area (Å²) in [5.74, 6) is 0.0673. The molecule has 3 heterocycles. The second-order valence-electron chi connectivity index (χ2n) is 6.29. The van der Waals surface area contributed by atoms with E-state index in [1.165, 1.54) is 0 Å². The first-order chi connectivity index (χ1) is 10.9. The van der Waals surface area contributed by atoms with Crippen molar-refractivity contribution in [2.24, 2.45) is 12.8 Å². The van der Waals surface area contributed by atoms with Gasteiger partial charge in [0.1, 0.15) is 0 Å². The van der Waals surface area contributed by atoms with Crippen LogP contribution in [0.25, 0.3) is 11.0 Å². The molecule has 3 N–H and O–H groups in total.